The minimum Gasteiger partial charge on any atom is -0.481 e. The number of hydrogen-bond donors (Lipinski definition) is 2. The Hall–Kier alpha value is -1.40. The van der Waals surface area contributed by atoms with Gasteiger partial charge in [-0.05, 0) is 84.0 Å². The Morgan fingerprint density at radius 2 is 1.15 bits per heavy atom. The number of allylic oxidation sites excluding steroid dienone is 2. The van der Waals surface area contributed by atoms with Crippen molar-refractivity contribution in [3.05, 3.63) is 12.2 Å². The van der Waals surface area contributed by atoms with Crippen molar-refractivity contribution in [3.8, 4) is 0 Å². The van der Waals surface area contributed by atoms with Crippen LogP contribution in [0.4, 0.5) is 0 Å². The lowest BCUT2D eigenvalue weighted by Crippen LogP contribution is -2.69. The molecule has 27 heavy (non-hydrogen) atoms. The number of aliphatic carboxylic acids is 2. The van der Waals surface area contributed by atoms with Gasteiger partial charge in [-0.3, -0.25) is 19.4 Å². The van der Waals surface area contributed by atoms with Crippen molar-refractivity contribution in [2.45, 2.75) is 58.0 Å². The Bertz CT molecular complexity index is 599. The first-order chi connectivity index (χ1) is 12.9. The summed E-state index contributed by atoms with van der Waals surface area (Å²) < 4.78 is 0. The first-order valence-corrected chi connectivity index (χ1v) is 10.5. The van der Waals surface area contributed by atoms with Crippen LogP contribution in [0.3, 0.4) is 0 Å². The van der Waals surface area contributed by atoms with Gasteiger partial charge in [-0.25, -0.2) is 0 Å². The summed E-state index contributed by atoms with van der Waals surface area (Å²) in [4.78, 5) is 30.5. The van der Waals surface area contributed by atoms with Crippen molar-refractivity contribution >= 4 is 11.9 Å². The van der Waals surface area contributed by atoms with Gasteiger partial charge >= 0.3 is 11.9 Å². The molecule has 0 spiro atoms. The van der Waals surface area contributed by atoms with Gasteiger partial charge < -0.3 is 10.2 Å². The molecule has 6 atom stereocenters. The summed E-state index contributed by atoms with van der Waals surface area (Å²) in [6.45, 7) is 7.41. The van der Waals surface area contributed by atoms with E-state index in [0.717, 1.165) is 51.9 Å². The summed E-state index contributed by atoms with van der Waals surface area (Å²) in [7, 11) is 0. The maximum Gasteiger partial charge on any atom is 0.313 e. The van der Waals surface area contributed by atoms with Gasteiger partial charge in [0.25, 0.3) is 0 Å². The van der Waals surface area contributed by atoms with E-state index >= 15 is 0 Å². The van der Waals surface area contributed by atoms with Gasteiger partial charge in [-0.2, -0.15) is 0 Å². The highest BCUT2D eigenvalue weighted by Gasteiger charge is 2.78. The van der Waals surface area contributed by atoms with E-state index < -0.39 is 22.8 Å². The van der Waals surface area contributed by atoms with Gasteiger partial charge in [-0.1, -0.05) is 12.2 Å². The van der Waals surface area contributed by atoms with Crippen LogP contribution in [-0.4, -0.2) is 70.2 Å². The molecule has 1 saturated carbocycles. The van der Waals surface area contributed by atoms with Crippen LogP contribution in [0.1, 0.15) is 46.0 Å². The lowest BCUT2D eigenvalue weighted by molar-refractivity contribution is -0.191. The van der Waals surface area contributed by atoms with Gasteiger partial charge in [-0.15, -0.1) is 0 Å². The van der Waals surface area contributed by atoms with Gasteiger partial charge in [0.2, 0.25) is 0 Å². The number of fused-ring (bicyclic) bond motifs is 2. The number of carbonyl (C=O) groups is 2. The number of carboxylic acids is 2. The zero-order chi connectivity index (χ0) is 19.4. The first-order valence-electron chi connectivity index (χ1n) is 10.5. The third-order valence-electron chi connectivity index (χ3n) is 8.34. The van der Waals surface area contributed by atoms with Crippen LogP contribution in [0.25, 0.3) is 0 Å². The molecule has 6 nitrogen and oxygen atoms in total. The van der Waals surface area contributed by atoms with Crippen molar-refractivity contribution in [2.24, 2.45) is 22.7 Å². The molecule has 3 fully saturated rings. The van der Waals surface area contributed by atoms with Crippen LogP contribution in [-0.2, 0) is 9.59 Å². The third kappa shape index (κ3) is 2.26. The number of likely N-dealkylation sites (tertiary alicyclic amines) is 2. The maximum atomic E-state index is 13.0. The molecule has 0 aromatic rings. The molecule has 2 bridgehead atoms. The summed E-state index contributed by atoms with van der Waals surface area (Å²) in [5, 5.41) is 21.3. The Morgan fingerprint density at radius 3 is 1.44 bits per heavy atom. The molecule has 2 heterocycles. The molecule has 6 heteroatoms. The van der Waals surface area contributed by atoms with Crippen LogP contribution < -0.4 is 0 Å². The second-order valence-electron chi connectivity index (χ2n) is 9.02. The maximum absolute atomic E-state index is 13.0. The highest BCUT2D eigenvalue weighted by atomic mass is 16.4. The average molecular weight is 376 g/mol. The number of rotatable bonds is 6. The Kier molecular flexibility index (Phi) is 4.62. The SMILES string of the molecule is CC(N1CCCC1)C1(C(=O)O)C2C=CC(C2)C1(C(=O)O)C(C)N1CCCC1. The summed E-state index contributed by atoms with van der Waals surface area (Å²) in [6.07, 6.45) is 8.90. The van der Waals surface area contributed by atoms with E-state index in [1.54, 1.807) is 0 Å². The average Bonchev–Trinajstić information content (AvgIpc) is 3.43. The van der Waals surface area contributed by atoms with Crippen molar-refractivity contribution in [1.29, 1.82) is 0 Å². The molecule has 6 unspecified atom stereocenters. The highest BCUT2D eigenvalue weighted by molar-refractivity contribution is 5.91. The minimum atomic E-state index is -1.29. The van der Waals surface area contributed by atoms with Crippen molar-refractivity contribution in [3.63, 3.8) is 0 Å². The van der Waals surface area contributed by atoms with Crippen LogP contribution in [0.5, 0.6) is 0 Å². The lowest BCUT2D eigenvalue weighted by atomic mass is 9.51. The minimum absolute atomic E-state index is 0.211. The fraction of sp³-hybridized carbons (Fsp3) is 0.810. The molecular formula is C21H32N2O4. The van der Waals surface area contributed by atoms with Crippen molar-refractivity contribution in [1.82, 2.24) is 9.80 Å². The number of carboxylic acid groups (broad SMARTS) is 2. The van der Waals surface area contributed by atoms with E-state index in [2.05, 4.69) is 9.80 Å². The molecule has 150 valence electrons. The molecule has 2 aliphatic heterocycles. The van der Waals surface area contributed by atoms with Crippen LogP contribution in [0, 0.1) is 22.7 Å². The van der Waals surface area contributed by atoms with Crippen LogP contribution in [0.15, 0.2) is 12.2 Å². The predicted octanol–water partition coefficient (Wildman–Crippen LogP) is 2.30. The van der Waals surface area contributed by atoms with Crippen LogP contribution in [0.2, 0.25) is 0 Å². The molecule has 0 radical (unpaired) electrons. The Labute approximate surface area is 161 Å². The molecule has 2 aliphatic carbocycles. The zero-order valence-electron chi connectivity index (χ0n) is 16.4. The molecule has 4 rings (SSSR count). The second-order valence-corrected chi connectivity index (χ2v) is 9.02. The van der Waals surface area contributed by atoms with Gasteiger partial charge in [0.15, 0.2) is 0 Å². The molecule has 0 amide bonds. The number of hydrogen-bond acceptors (Lipinski definition) is 4. The summed E-state index contributed by atoms with van der Waals surface area (Å²) >= 11 is 0. The smallest absolute Gasteiger partial charge is 0.313 e. The predicted molar refractivity (Wildman–Crippen MR) is 101 cm³/mol. The zero-order valence-corrected chi connectivity index (χ0v) is 16.4. The van der Waals surface area contributed by atoms with Crippen molar-refractivity contribution < 1.29 is 19.8 Å². The fourth-order valence-corrected chi connectivity index (χ4v) is 7.16. The molecule has 2 N–H and O–H groups in total. The largest absolute Gasteiger partial charge is 0.481 e. The topological polar surface area (TPSA) is 81.1 Å². The second kappa shape index (κ2) is 6.59. The third-order valence-corrected chi connectivity index (χ3v) is 8.34. The van der Waals surface area contributed by atoms with Crippen molar-refractivity contribution in [2.75, 3.05) is 26.2 Å². The standard InChI is InChI=1S/C21H32N2O4/c1-14(22-9-3-4-10-22)20(18(24)25)16-7-8-17(13-16)21(20,19(26)27)15(2)23-11-5-6-12-23/h7-8,14-17H,3-6,9-13H2,1-2H3,(H,24,25)(H,26,27). The van der Waals surface area contributed by atoms with E-state index in [1.165, 1.54) is 0 Å². The van der Waals surface area contributed by atoms with E-state index in [1.807, 2.05) is 26.0 Å². The molecule has 0 aromatic heterocycles. The monoisotopic (exact) mass is 376 g/mol. The normalized spacial score (nSPS) is 41.3. The summed E-state index contributed by atoms with van der Waals surface area (Å²) in [6, 6.07) is -0.586. The summed E-state index contributed by atoms with van der Waals surface area (Å²) in [5.41, 5.74) is -2.57. The van der Waals surface area contributed by atoms with Crippen LogP contribution >= 0.6 is 0 Å². The molecule has 0 aromatic carbocycles. The number of nitrogens with zero attached hydrogens (tertiary/aromatic N) is 2. The quantitative estimate of drug-likeness (QED) is 0.693. The first kappa shape index (κ1) is 18.9. The van der Waals surface area contributed by atoms with E-state index in [9.17, 15) is 19.8 Å². The van der Waals surface area contributed by atoms with Gasteiger partial charge in [0.05, 0.1) is 0 Å². The molecular weight excluding hydrogens is 344 g/mol. The van der Waals surface area contributed by atoms with E-state index in [-0.39, 0.29) is 23.9 Å². The molecule has 2 saturated heterocycles. The Morgan fingerprint density at radius 1 is 0.815 bits per heavy atom. The van der Waals surface area contributed by atoms with Gasteiger partial charge in [0, 0.05) is 12.1 Å². The Balaban J connectivity index is 1.89. The lowest BCUT2D eigenvalue weighted by Gasteiger charge is -2.55. The highest BCUT2D eigenvalue weighted by Crippen LogP contribution is 2.68. The fourth-order valence-electron chi connectivity index (χ4n) is 7.16. The van der Waals surface area contributed by atoms with E-state index in [0.29, 0.717) is 6.42 Å². The summed E-state index contributed by atoms with van der Waals surface area (Å²) in [5.74, 6) is -2.27. The molecule has 4 aliphatic rings. The van der Waals surface area contributed by atoms with Gasteiger partial charge in [0.1, 0.15) is 10.8 Å². The van der Waals surface area contributed by atoms with E-state index in [4.69, 9.17) is 0 Å².